The van der Waals surface area contributed by atoms with Crippen molar-refractivity contribution in [2.24, 2.45) is 11.3 Å². The van der Waals surface area contributed by atoms with E-state index in [1.54, 1.807) is 0 Å². The van der Waals surface area contributed by atoms with E-state index in [4.69, 9.17) is 11.6 Å². The van der Waals surface area contributed by atoms with Gasteiger partial charge in [0, 0.05) is 18.0 Å². The smallest absolute Gasteiger partial charge is 0.223 e. The molecule has 1 heterocycles. The molecule has 0 bridgehead atoms. The van der Waals surface area contributed by atoms with E-state index in [0.717, 1.165) is 30.0 Å². The summed E-state index contributed by atoms with van der Waals surface area (Å²) in [7, 11) is 0. The fourth-order valence-corrected chi connectivity index (χ4v) is 4.64. The quantitative estimate of drug-likeness (QED) is 0.608. The number of benzene rings is 2. The van der Waals surface area contributed by atoms with Crippen LogP contribution in [-0.4, -0.2) is 17.4 Å². The van der Waals surface area contributed by atoms with Crippen molar-refractivity contribution in [2.45, 2.75) is 53.0 Å². The highest BCUT2D eigenvalue weighted by molar-refractivity contribution is 6.31. The van der Waals surface area contributed by atoms with Crippen molar-refractivity contribution >= 4 is 17.5 Å². The zero-order valence-corrected chi connectivity index (χ0v) is 17.6. The van der Waals surface area contributed by atoms with Gasteiger partial charge in [0.25, 0.3) is 0 Å². The third-order valence-electron chi connectivity index (χ3n) is 5.29. The molecule has 3 rings (SSSR count). The summed E-state index contributed by atoms with van der Waals surface area (Å²) in [6, 6.07) is 16.3. The number of carbonyl (C=O) groups excluding carboxylic acids is 1. The minimum absolute atomic E-state index is 0.0991. The number of hydrogen-bond acceptors (Lipinski definition) is 1. The molecule has 0 N–H and O–H groups in total. The molecule has 0 saturated heterocycles. The summed E-state index contributed by atoms with van der Waals surface area (Å²) in [4.78, 5) is 15.3. The van der Waals surface area contributed by atoms with Crippen LogP contribution in [0.4, 0.5) is 0 Å². The molecule has 2 nitrogen and oxygen atoms in total. The number of fused-ring (bicyclic) bond motifs is 1. The minimum Gasteiger partial charge on any atom is -0.331 e. The van der Waals surface area contributed by atoms with Crippen LogP contribution >= 0.6 is 11.6 Å². The molecule has 0 aromatic heterocycles. The maximum absolute atomic E-state index is 13.3. The molecule has 27 heavy (non-hydrogen) atoms. The van der Waals surface area contributed by atoms with Crippen molar-refractivity contribution in [2.75, 3.05) is 6.54 Å². The summed E-state index contributed by atoms with van der Waals surface area (Å²) < 4.78 is 0. The predicted molar refractivity (Wildman–Crippen MR) is 113 cm³/mol. The second-order valence-corrected chi connectivity index (χ2v) is 9.44. The summed E-state index contributed by atoms with van der Waals surface area (Å²) in [5.41, 5.74) is 3.77. The molecular formula is C24H30ClNO. The molecule has 0 spiro atoms. The van der Waals surface area contributed by atoms with Crippen LogP contribution < -0.4 is 0 Å². The second-order valence-electron chi connectivity index (χ2n) is 9.03. The SMILES string of the molecule is C[C@@H](CC(=O)N1CCc2ccccc2[C@@H]1c1ccccc1Cl)CC(C)(C)C. The Morgan fingerprint density at radius 1 is 1.11 bits per heavy atom. The average molecular weight is 384 g/mol. The maximum Gasteiger partial charge on any atom is 0.223 e. The van der Waals surface area contributed by atoms with Gasteiger partial charge in [-0.3, -0.25) is 4.79 Å². The molecule has 1 aliphatic heterocycles. The summed E-state index contributed by atoms with van der Waals surface area (Å²) in [6.45, 7) is 9.63. The fourth-order valence-electron chi connectivity index (χ4n) is 4.40. The first-order valence-electron chi connectivity index (χ1n) is 9.88. The number of halogens is 1. The Morgan fingerprint density at radius 2 is 1.74 bits per heavy atom. The van der Waals surface area contributed by atoms with E-state index >= 15 is 0 Å². The molecule has 0 unspecified atom stereocenters. The molecule has 2 aromatic rings. The number of rotatable bonds is 4. The van der Waals surface area contributed by atoms with Gasteiger partial charge in [-0.25, -0.2) is 0 Å². The third-order valence-corrected chi connectivity index (χ3v) is 5.63. The van der Waals surface area contributed by atoms with Crippen LogP contribution in [0.1, 0.15) is 63.3 Å². The van der Waals surface area contributed by atoms with Crippen molar-refractivity contribution in [3.8, 4) is 0 Å². The summed E-state index contributed by atoms with van der Waals surface area (Å²) in [5, 5.41) is 0.722. The minimum atomic E-state index is -0.0991. The number of hydrogen-bond donors (Lipinski definition) is 0. The molecule has 144 valence electrons. The van der Waals surface area contributed by atoms with E-state index in [0.29, 0.717) is 12.3 Å². The summed E-state index contributed by atoms with van der Waals surface area (Å²) in [5.74, 6) is 0.590. The van der Waals surface area contributed by atoms with Gasteiger partial charge in [-0.05, 0) is 46.9 Å². The summed E-state index contributed by atoms with van der Waals surface area (Å²) in [6.07, 6.45) is 2.52. The fraction of sp³-hybridized carbons (Fsp3) is 0.458. The molecule has 0 saturated carbocycles. The van der Waals surface area contributed by atoms with Crippen molar-refractivity contribution in [3.63, 3.8) is 0 Å². The van der Waals surface area contributed by atoms with E-state index in [1.165, 1.54) is 11.1 Å². The normalized spacial score (nSPS) is 18.1. The van der Waals surface area contributed by atoms with Crippen molar-refractivity contribution in [3.05, 3.63) is 70.2 Å². The Labute approximate surface area is 168 Å². The van der Waals surface area contributed by atoms with Crippen LogP contribution in [-0.2, 0) is 11.2 Å². The van der Waals surface area contributed by atoms with Crippen LogP contribution in [0.5, 0.6) is 0 Å². The molecule has 1 amide bonds. The second kappa shape index (κ2) is 8.06. The number of carbonyl (C=O) groups is 1. The monoisotopic (exact) mass is 383 g/mol. The lowest BCUT2D eigenvalue weighted by Crippen LogP contribution is -2.41. The first-order valence-corrected chi connectivity index (χ1v) is 10.3. The zero-order chi connectivity index (χ0) is 19.6. The third kappa shape index (κ3) is 4.73. The standard InChI is InChI=1S/C24H30ClNO/c1-17(16-24(2,3)4)15-22(27)26-14-13-18-9-5-6-10-19(18)23(26)20-11-7-8-12-21(20)25/h5-12,17,23H,13-16H2,1-4H3/t17-,23+/m0/s1. The van der Waals surface area contributed by atoms with E-state index in [1.807, 2.05) is 29.2 Å². The van der Waals surface area contributed by atoms with Gasteiger partial charge in [-0.2, -0.15) is 0 Å². The Balaban J connectivity index is 1.92. The van der Waals surface area contributed by atoms with Gasteiger partial charge in [-0.15, -0.1) is 0 Å². The molecule has 3 heteroatoms. The first kappa shape index (κ1) is 19.9. The van der Waals surface area contributed by atoms with Gasteiger partial charge in [0.2, 0.25) is 5.91 Å². The molecule has 0 radical (unpaired) electrons. The Hall–Kier alpha value is -1.80. The maximum atomic E-state index is 13.3. The van der Waals surface area contributed by atoms with Crippen molar-refractivity contribution in [1.82, 2.24) is 4.90 Å². The molecular weight excluding hydrogens is 354 g/mol. The highest BCUT2D eigenvalue weighted by Crippen LogP contribution is 2.39. The van der Waals surface area contributed by atoms with Gasteiger partial charge in [-0.1, -0.05) is 81.8 Å². The molecule has 0 aliphatic carbocycles. The Morgan fingerprint density at radius 3 is 2.41 bits per heavy atom. The van der Waals surface area contributed by atoms with Crippen LogP contribution in [0.2, 0.25) is 5.02 Å². The first-order chi connectivity index (χ1) is 12.8. The van der Waals surface area contributed by atoms with Gasteiger partial charge >= 0.3 is 0 Å². The highest BCUT2D eigenvalue weighted by atomic mass is 35.5. The Kier molecular flexibility index (Phi) is 5.95. The van der Waals surface area contributed by atoms with Crippen LogP contribution in [0, 0.1) is 11.3 Å². The van der Waals surface area contributed by atoms with E-state index in [-0.39, 0.29) is 17.4 Å². The van der Waals surface area contributed by atoms with Crippen molar-refractivity contribution < 1.29 is 4.79 Å². The molecule has 2 aromatic carbocycles. The molecule has 2 atom stereocenters. The summed E-state index contributed by atoms with van der Waals surface area (Å²) >= 11 is 6.55. The van der Waals surface area contributed by atoms with Gasteiger partial charge in [0.1, 0.15) is 0 Å². The topological polar surface area (TPSA) is 20.3 Å². The van der Waals surface area contributed by atoms with Gasteiger partial charge < -0.3 is 4.90 Å². The Bertz CT molecular complexity index is 808. The predicted octanol–water partition coefficient (Wildman–Crippen LogP) is 6.28. The lowest BCUT2D eigenvalue weighted by atomic mass is 9.83. The van der Waals surface area contributed by atoms with Crippen LogP contribution in [0.3, 0.4) is 0 Å². The zero-order valence-electron chi connectivity index (χ0n) is 16.8. The highest BCUT2D eigenvalue weighted by Gasteiger charge is 2.33. The number of amides is 1. The molecule has 1 aliphatic rings. The van der Waals surface area contributed by atoms with Crippen molar-refractivity contribution in [1.29, 1.82) is 0 Å². The van der Waals surface area contributed by atoms with Crippen LogP contribution in [0.15, 0.2) is 48.5 Å². The van der Waals surface area contributed by atoms with Gasteiger partial charge in [0.05, 0.1) is 6.04 Å². The molecule has 0 fully saturated rings. The lowest BCUT2D eigenvalue weighted by Gasteiger charge is -2.39. The van der Waals surface area contributed by atoms with Crippen LogP contribution in [0.25, 0.3) is 0 Å². The lowest BCUT2D eigenvalue weighted by molar-refractivity contribution is -0.134. The number of nitrogens with zero attached hydrogens (tertiary/aromatic N) is 1. The van der Waals surface area contributed by atoms with E-state index < -0.39 is 0 Å². The largest absolute Gasteiger partial charge is 0.331 e. The van der Waals surface area contributed by atoms with E-state index in [9.17, 15) is 4.79 Å². The van der Waals surface area contributed by atoms with E-state index in [2.05, 4.69) is 52.0 Å². The average Bonchev–Trinajstić information content (AvgIpc) is 2.59. The van der Waals surface area contributed by atoms with Gasteiger partial charge in [0.15, 0.2) is 0 Å².